The van der Waals surface area contributed by atoms with E-state index in [0.717, 1.165) is 0 Å². The molecule has 5 heteroatoms. The molecule has 0 heterocycles. The maximum Gasteiger partial charge on any atom is 0.305 e. The largest absolute Gasteiger partial charge is 0.457 e. The quantitative estimate of drug-likeness (QED) is 0.621. The molecule has 1 aromatic rings. The van der Waals surface area contributed by atoms with Crippen molar-refractivity contribution in [1.29, 1.82) is 0 Å². The summed E-state index contributed by atoms with van der Waals surface area (Å²) in [4.78, 5) is 21.2. The lowest BCUT2D eigenvalue weighted by Gasteiger charge is -2.07. The van der Waals surface area contributed by atoms with Gasteiger partial charge in [0.25, 0.3) is 0 Å². The van der Waals surface area contributed by atoms with Crippen molar-refractivity contribution in [2.45, 2.75) is 13.8 Å². The lowest BCUT2D eigenvalue weighted by molar-refractivity contribution is -0.147. The van der Waals surface area contributed by atoms with Crippen molar-refractivity contribution < 1.29 is 19.1 Å². The van der Waals surface area contributed by atoms with Crippen LogP contribution in [0.25, 0.3) is 0 Å². The highest BCUT2D eigenvalue weighted by atomic mass is 16.7. The number of ether oxygens (including phenoxy) is 2. The SMILES string of the molecule is CC(=O)Nc1ccc(OCOC(C)=O)cc1. The molecule has 0 radical (unpaired) electrons. The third kappa shape index (κ3) is 4.45. The van der Waals surface area contributed by atoms with Gasteiger partial charge in [-0.15, -0.1) is 0 Å². The molecule has 1 rings (SSSR count). The molecule has 1 amide bonds. The fourth-order valence-corrected chi connectivity index (χ4v) is 1.02. The van der Waals surface area contributed by atoms with Gasteiger partial charge in [0.05, 0.1) is 0 Å². The van der Waals surface area contributed by atoms with Gasteiger partial charge in [-0.2, -0.15) is 0 Å². The van der Waals surface area contributed by atoms with E-state index >= 15 is 0 Å². The Morgan fingerprint density at radius 3 is 2.31 bits per heavy atom. The van der Waals surface area contributed by atoms with Crippen LogP contribution in [0, 0.1) is 0 Å². The van der Waals surface area contributed by atoms with E-state index in [4.69, 9.17) is 4.74 Å². The van der Waals surface area contributed by atoms with Crippen LogP contribution in [0.1, 0.15) is 13.8 Å². The first kappa shape index (κ1) is 12.0. The number of carbonyl (C=O) groups is 2. The number of hydrogen-bond acceptors (Lipinski definition) is 4. The molecule has 0 unspecified atom stereocenters. The molecule has 0 aliphatic heterocycles. The van der Waals surface area contributed by atoms with Gasteiger partial charge in [-0.1, -0.05) is 0 Å². The van der Waals surface area contributed by atoms with E-state index in [9.17, 15) is 9.59 Å². The number of nitrogens with one attached hydrogen (secondary N) is 1. The predicted molar refractivity (Wildman–Crippen MR) is 58.0 cm³/mol. The van der Waals surface area contributed by atoms with Gasteiger partial charge in [0.1, 0.15) is 5.75 Å². The Hall–Kier alpha value is -2.04. The number of hydrogen-bond donors (Lipinski definition) is 1. The van der Waals surface area contributed by atoms with Crippen LogP contribution in [0.4, 0.5) is 5.69 Å². The maximum atomic E-state index is 10.7. The Morgan fingerprint density at radius 1 is 1.19 bits per heavy atom. The number of amides is 1. The van der Waals surface area contributed by atoms with Gasteiger partial charge in [0.15, 0.2) is 0 Å². The zero-order valence-electron chi connectivity index (χ0n) is 9.15. The molecule has 86 valence electrons. The molecule has 0 saturated heterocycles. The third-order valence-corrected chi connectivity index (χ3v) is 1.66. The second kappa shape index (κ2) is 5.75. The molecule has 16 heavy (non-hydrogen) atoms. The highest BCUT2D eigenvalue weighted by Gasteiger charge is 1.98. The summed E-state index contributed by atoms with van der Waals surface area (Å²) in [7, 11) is 0. The van der Waals surface area contributed by atoms with Gasteiger partial charge in [-0.25, -0.2) is 0 Å². The molecule has 0 aliphatic rings. The molecule has 0 atom stereocenters. The highest BCUT2D eigenvalue weighted by Crippen LogP contribution is 2.15. The van der Waals surface area contributed by atoms with Gasteiger partial charge < -0.3 is 14.8 Å². The van der Waals surface area contributed by atoms with E-state index in [0.29, 0.717) is 11.4 Å². The summed E-state index contributed by atoms with van der Waals surface area (Å²) in [5.41, 5.74) is 0.687. The van der Waals surface area contributed by atoms with E-state index in [1.165, 1.54) is 13.8 Å². The lowest BCUT2D eigenvalue weighted by Crippen LogP contribution is -2.07. The van der Waals surface area contributed by atoms with Crippen LogP contribution >= 0.6 is 0 Å². The normalized spacial score (nSPS) is 9.38. The minimum atomic E-state index is -0.394. The first-order valence-corrected chi connectivity index (χ1v) is 4.72. The van der Waals surface area contributed by atoms with Gasteiger partial charge in [-0.3, -0.25) is 9.59 Å². The van der Waals surface area contributed by atoms with Crippen molar-refractivity contribution in [3.63, 3.8) is 0 Å². The number of esters is 1. The van der Waals surface area contributed by atoms with Crippen LogP contribution in [0.5, 0.6) is 5.75 Å². The second-order valence-corrected chi connectivity index (χ2v) is 3.10. The summed E-state index contributed by atoms with van der Waals surface area (Å²) in [6.07, 6.45) is 0. The lowest BCUT2D eigenvalue weighted by atomic mass is 10.3. The van der Waals surface area contributed by atoms with E-state index in [-0.39, 0.29) is 12.7 Å². The molecular weight excluding hydrogens is 210 g/mol. The fraction of sp³-hybridized carbons (Fsp3) is 0.273. The van der Waals surface area contributed by atoms with Gasteiger partial charge >= 0.3 is 5.97 Å². The summed E-state index contributed by atoms with van der Waals surface area (Å²) in [5.74, 6) is 0.0406. The topological polar surface area (TPSA) is 64.6 Å². The zero-order valence-corrected chi connectivity index (χ0v) is 9.15. The Labute approximate surface area is 93.4 Å². The van der Waals surface area contributed by atoms with Crippen LogP contribution < -0.4 is 10.1 Å². The molecule has 0 aromatic heterocycles. The molecule has 1 aromatic carbocycles. The number of rotatable bonds is 4. The Kier molecular flexibility index (Phi) is 4.32. The van der Waals surface area contributed by atoms with E-state index < -0.39 is 5.97 Å². The fourth-order valence-electron chi connectivity index (χ4n) is 1.02. The molecule has 0 fully saturated rings. The monoisotopic (exact) mass is 223 g/mol. The van der Waals surface area contributed by atoms with Crippen molar-refractivity contribution in [2.75, 3.05) is 12.1 Å². The Morgan fingerprint density at radius 2 is 1.81 bits per heavy atom. The van der Waals surface area contributed by atoms with Crippen molar-refractivity contribution in [2.24, 2.45) is 0 Å². The molecule has 5 nitrogen and oxygen atoms in total. The summed E-state index contributed by atoms with van der Waals surface area (Å²) < 4.78 is 9.73. The van der Waals surface area contributed by atoms with Crippen molar-refractivity contribution in [1.82, 2.24) is 0 Å². The summed E-state index contributed by atoms with van der Waals surface area (Å²) in [6, 6.07) is 6.75. The van der Waals surface area contributed by atoms with E-state index in [2.05, 4.69) is 10.1 Å². The van der Waals surface area contributed by atoms with Crippen LogP contribution in [-0.4, -0.2) is 18.7 Å². The van der Waals surface area contributed by atoms with Crippen LogP contribution in [0.3, 0.4) is 0 Å². The minimum absolute atomic E-state index is 0.116. The van der Waals surface area contributed by atoms with E-state index in [1.54, 1.807) is 24.3 Å². The average molecular weight is 223 g/mol. The molecule has 0 spiro atoms. The van der Waals surface area contributed by atoms with Crippen LogP contribution in [-0.2, 0) is 14.3 Å². The molecule has 1 N–H and O–H groups in total. The first-order valence-electron chi connectivity index (χ1n) is 4.72. The van der Waals surface area contributed by atoms with Crippen molar-refractivity contribution in [3.8, 4) is 5.75 Å². The molecule has 0 aliphatic carbocycles. The molecular formula is C11H13NO4. The zero-order chi connectivity index (χ0) is 12.0. The van der Waals surface area contributed by atoms with Crippen molar-refractivity contribution in [3.05, 3.63) is 24.3 Å². The maximum absolute atomic E-state index is 10.7. The average Bonchev–Trinajstić information content (AvgIpc) is 2.19. The molecule has 0 saturated carbocycles. The Balaban J connectivity index is 2.45. The molecule has 0 bridgehead atoms. The first-order chi connectivity index (χ1) is 7.58. The Bertz CT molecular complexity index is 372. The predicted octanol–water partition coefficient (Wildman–Crippen LogP) is 1.54. The third-order valence-electron chi connectivity index (χ3n) is 1.66. The van der Waals surface area contributed by atoms with Crippen LogP contribution in [0.2, 0.25) is 0 Å². The van der Waals surface area contributed by atoms with Crippen LogP contribution in [0.15, 0.2) is 24.3 Å². The standard InChI is InChI=1S/C11H13NO4/c1-8(13)12-10-3-5-11(6-4-10)16-7-15-9(2)14/h3-6H,7H2,1-2H3,(H,12,13). The highest BCUT2D eigenvalue weighted by molar-refractivity contribution is 5.88. The number of benzene rings is 1. The van der Waals surface area contributed by atoms with Gasteiger partial charge in [-0.05, 0) is 24.3 Å². The summed E-state index contributed by atoms with van der Waals surface area (Å²) in [5, 5.41) is 2.63. The van der Waals surface area contributed by atoms with Gasteiger partial charge in [0.2, 0.25) is 12.7 Å². The minimum Gasteiger partial charge on any atom is -0.457 e. The second-order valence-electron chi connectivity index (χ2n) is 3.10. The number of anilines is 1. The smallest absolute Gasteiger partial charge is 0.305 e. The summed E-state index contributed by atoms with van der Waals surface area (Å²) >= 11 is 0. The van der Waals surface area contributed by atoms with Crippen molar-refractivity contribution >= 4 is 17.6 Å². The van der Waals surface area contributed by atoms with Gasteiger partial charge in [0, 0.05) is 19.5 Å². The van der Waals surface area contributed by atoms with E-state index in [1.807, 2.05) is 0 Å². The summed E-state index contributed by atoms with van der Waals surface area (Å²) in [6.45, 7) is 2.63. The number of carbonyl (C=O) groups excluding carboxylic acids is 2.